The number of benzene rings is 1. The van der Waals surface area contributed by atoms with E-state index < -0.39 is 307 Å². The van der Waals surface area contributed by atoms with Crippen molar-refractivity contribution >= 4 is 106 Å². The molecule has 3 aromatic rings. The van der Waals surface area contributed by atoms with E-state index >= 15 is 0 Å². The fourth-order valence-electron chi connectivity index (χ4n) is 10.7. The summed E-state index contributed by atoms with van der Waals surface area (Å²) in [5.74, 6) is -18.2. The number of carboxylic acids is 2. The predicted molar refractivity (Wildman–Crippen MR) is 382 cm³/mol. The Labute approximate surface area is 632 Å². The highest BCUT2D eigenvalue weighted by atomic mass is 32.1. The molecule has 28 N–H and O–H groups in total. The minimum atomic E-state index is -2.13. The van der Waals surface area contributed by atoms with Gasteiger partial charge in [-0.2, -0.15) is 17.6 Å². The first-order valence-corrected chi connectivity index (χ1v) is 35.5. The first-order valence-electron chi connectivity index (χ1n) is 34.9. The number of carbonyl (C=O) groups excluding carboxylic acids is 10. The monoisotopic (exact) mass is 1590 g/mol. The number of Topliss-reactive ketones (excluding diaryl/α,β-unsaturated/α-hetero) is 3. The van der Waals surface area contributed by atoms with Crippen molar-refractivity contribution in [1.29, 1.82) is 0 Å². The lowest BCUT2D eigenvalue weighted by Gasteiger charge is -2.26. The SMILES string of the molecule is CC[C@@H](NC(=O)[C@H](CCC(=O)NC[C@H](O)[C@@H](O)[C@H](O)[C@H](O)CO)CC(=O)CC[C@H](NC(=O)c1ccc(NCc2cnc3nc(N)[nH]c(=O)c3n2)cc1)C(=O)O)C(=O)C[C@@H](CCC(=O)NC[C@H](O)[C@@H](O)[C@H](O)[C@H](O)CO)C(=O)N[C@H](CC)C(=O)C[C@@H](CCC(=O)NC[C@H](O)[C@@H](O)[C@H](O)[C@H](O)CO)C(=O)N[C@H](CS)C(=O)O. The van der Waals surface area contributed by atoms with Crippen molar-refractivity contribution < 1.29 is 144 Å². The van der Waals surface area contributed by atoms with E-state index in [1.807, 2.05) is 0 Å². The molecule has 0 unspecified atom stereocenters. The highest BCUT2D eigenvalue weighted by molar-refractivity contribution is 7.80. The number of fused-ring (bicyclic) bond motifs is 1. The number of aliphatic carboxylic acids is 2. The summed E-state index contributed by atoms with van der Waals surface area (Å²) in [7, 11) is 0. The van der Waals surface area contributed by atoms with Gasteiger partial charge in [-0.1, -0.05) is 13.8 Å². The fourth-order valence-corrected chi connectivity index (χ4v) is 10.9. The molecule has 0 saturated heterocycles. The first kappa shape index (κ1) is 95.2. The maximum atomic E-state index is 14.5. The van der Waals surface area contributed by atoms with Crippen molar-refractivity contribution in [2.24, 2.45) is 17.8 Å². The van der Waals surface area contributed by atoms with Crippen LogP contribution in [0.25, 0.3) is 11.2 Å². The fraction of sp³-hybridized carbons (Fsp3) is 0.636. The van der Waals surface area contributed by atoms with E-state index in [9.17, 15) is 139 Å². The summed E-state index contributed by atoms with van der Waals surface area (Å²) >= 11 is 3.93. The topological polar surface area (TPSA) is 743 Å². The zero-order valence-corrected chi connectivity index (χ0v) is 60.9. The Bertz CT molecular complexity index is 3610. The molecule has 0 spiro atoms. The van der Waals surface area contributed by atoms with Gasteiger partial charge in [0.1, 0.15) is 72.8 Å². The predicted octanol–water partition coefficient (Wildman–Crippen LogP) is -10.1. The highest BCUT2D eigenvalue weighted by Gasteiger charge is 2.37. The number of nitrogens with two attached hydrogens (primary N) is 1. The number of thiol groups is 1. The van der Waals surface area contributed by atoms with E-state index in [-0.39, 0.29) is 42.1 Å². The Kier molecular flexibility index (Phi) is 41.5. The molecule has 3 rings (SSSR count). The smallest absolute Gasteiger partial charge is 0.327 e. The molecule has 0 saturated carbocycles. The number of anilines is 2. The van der Waals surface area contributed by atoms with Crippen molar-refractivity contribution in [2.75, 3.05) is 56.3 Å². The van der Waals surface area contributed by atoms with E-state index in [0.29, 0.717) is 11.4 Å². The number of nitrogens with one attached hydrogen (secondary N) is 9. The van der Waals surface area contributed by atoms with E-state index in [1.54, 1.807) is 0 Å². The van der Waals surface area contributed by atoms with Crippen molar-refractivity contribution in [1.82, 2.24) is 57.2 Å². The number of ketones is 3. The number of carbonyl (C=O) groups is 12. The summed E-state index contributed by atoms with van der Waals surface area (Å²) in [5.41, 5.74) is 5.63. The van der Waals surface area contributed by atoms with Crippen LogP contribution in [0.2, 0.25) is 0 Å². The third kappa shape index (κ3) is 31.4. The summed E-state index contributed by atoms with van der Waals surface area (Å²) in [6.07, 6.45) is -30.6. The molecule has 0 radical (unpaired) electrons. The average Bonchev–Trinajstić information content (AvgIpc) is 0.802. The maximum Gasteiger partial charge on any atom is 0.327 e. The second kappa shape index (κ2) is 48.0. The molecule has 7 amide bonds. The average molecular weight is 1590 g/mol. The van der Waals surface area contributed by atoms with Crippen LogP contribution < -0.4 is 53.8 Å². The molecule has 2 aromatic heterocycles. The van der Waals surface area contributed by atoms with E-state index in [2.05, 4.69) is 75.1 Å². The van der Waals surface area contributed by atoms with Gasteiger partial charge in [-0.15, -0.1) is 0 Å². The number of hydrogen-bond acceptors (Lipinski definition) is 34. The Morgan fingerprint density at radius 3 is 1.25 bits per heavy atom. The molecule has 19 atom stereocenters. The largest absolute Gasteiger partial charge is 0.480 e. The van der Waals surface area contributed by atoms with E-state index in [0.717, 1.165) is 0 Å². The van der Waals surface area contributed by atoms with Gasteiger partial charge >= 0.3 is 11.9 Å². The van der Waals surface area contributed by atoms with Crippen LogP contribution in [0.5, 0.6) is 0 Å². The summed E-state index contributed by atoms with van der Waals surface area (Å²) in [6, 6.07) is -0.889. The maximum absolute atomic E-state index is 14.5. The number of nitrogens with zero attached hydrogens (tertiary/aromatic N) is 3. The summed E-state index contributed by atoms with van der Waals surface area (Å²) in [4.78, 5) is 189. The molecule has 0 bridgehead atoms. The second-order valence-corrected chi connectivity index (χ2v) is 26.3. The third-order valence-electron chi connectivity index (χ3n) is 17.6. The molecule has 44 heteroatoms. The quantitative estimate of drug-likeness (QED) is 0.0233. The van der Waals surface area contributed by atoms with Gasteiger partial charge in [-0.05, 0) is 62.8 Å². The highest BCUT2D eigenvalue weighted by Crippen LogP contribution is 2.22. The Morgan fingerprint density at radius 1 is 0.491 bits per heavy atom. The molecule has 110 heavy (non-hydrogen) atoms. The summed E-state index contributed by atoms with van der Waals surface area (Å²) < 4.78 is 0. The van der Waals surface area contributed by atoms with Crippen LogP contribution in [0, 0.1) is 17.8 Å². The van der Waals surface area contributed by atoms with Crippen LogP contribution in [0.1, 0.15) is 113 Å². The minimum Gasteiger partial charge on any atom is -0.480 e. The number of nitrogen functional groups attached to an aromatic ring is 1. The van der Waals surface area contributed by atoms with Crippen molar-refractivity contribution in [3.8, 4) is 0 Å². The third-order valence-corrected chi connectivity index (χ3v) is 18.0. The van der Waals surface area contributed by atoms with Crippen LogP contribution in [0.15, 0.2) is 35.3 Å². The van der Waals surface area contributed by atoms with Gasteiger partial charge in [0.05, 0.1) is 68.7 Å². The minimum absolute atomic E-state index is 0.0129. The molecule has 43 nitrogen and oxygen atoms in total. The molecule has 0 fully saturated rings. The molecule has 0 aliphatic carbocycles. The van der Waals surface area contributed by atoms with Gasteiger partial charge in [0.25, 0.3) is 11.5 Å². The van der Waals surface area contributed by atoms with Gasteiger partial charge in [-0.25, -0.2) is 19.6 Å². The zero-order chi connectivity index (χ0) is 82.8. The van der Waals surface area contributed by atoms with Crippen LogP contribution >= 0.6 is 12.6 Å². The molecular weight excluding hydrogens is 1490 g/mol. The number of aromatic nitrogens is 4. The lowest BCUT2D eigenvalue weighted by atomic mass is 9.89. The van der Waals surface area contributed by atoms with Gasteiger partial charge in [0.2, 0.25) is 41.4 Å². The number of rotatable bonds is 54. The number of carboxylic acid groups (broad SMARTS) is 2. The summed E-state index contributed by atoms with van der Waals surface area (Å²) in [5, 5.41) is 188. The normalized spacial score (nSPS) is 16.7. The lowest BCUT2D eigenvalue weighted by Crippen LogP contribution is -2.50. The van der Waals surface area contributed by atoms with Crippen molar-refractivity contribution in [3.05, 3.63) is 52.1 Å². The van der Waals surface area contributed by atoms with Crippen molar-refractivity contribution in [2.45, 2.75) is 201 Å². The van der Waals surface area contributed by atoms with Crippen LogP contribution in [0.3, 0.4) is 0 Å². The number of aromatic amines is 1. The lowest BCUT2D eigenvalue weighted by molar-refractivity contribution is -0.142. The molecule has 0 aliphatic heterocycles. The van der Waals surface area contributed by atoms with Gasteiger partial charge in [0.15, 0.2) is 22.7 Å². The number of amides is 7. The van der Waals surface area contributed by atoms with Crippen LogP contribution in [-0.4, -0.2) is 320 Å². The van der Waals surface area contributed by atoms with Crippen LogP contribution in [-0.2, 0) is 59.3 Å². The van der Waals surface area contributed by atoms with E-state index in [1.165, 1.54) is 44.3 Å². The molecule has 1 aromatic carbocycles. The number of hydrogen-bond donors (Lipinski definition) is 28. The molecule has 2 heterocycles. The molecular formula is C66H101N13O30S. The standard InChI is InChI=1S/C66H101N13O30S/c1-3-36(40(84)18-31(8-15-49(93)70-23-43(87)53(96)56(99)46(90)26-81)61(103)75-37(4-2)41(85)19-32(62(104)77-39(28-110)65(108)109)9-16-50(94)71-24-44(88)54(97)57(100)47(91)27-82)74-60(102)30(7-14-48(92)69-22-42(86)52(95)55(98)45(89)25-80)17-35(83)12-13-38(64(106)107)76-59(101)29-5-10-33(11-6-29)68-20-34-21-72-58-51(73-34)63(105)79-66(67)78-58/h5-6,10-11,21,30-32,36-39,42-47,52-57,68,80-82,86-91,95-100,110H,3-4,7-9,12-20,22-28H2,1-2H3,(H,69,92)(H,70,93)(H,71,94)(H,74,102)(H,75,103)(H,76,101)(H,77,104)(H,106,107)(H,108,109)(H3,67,72,78,79,105)/t30-,31-,32-,36-,37-,38+,39-,42+,43+,44+,45-,46-,47-,52-,53-,54-,55-,56-,57-/m1/s1. The van der Waals surface area contributed by atoms with Crippen molar-refractivity contribution in [3.63, 3.8) is 0 Å². The van der Waals surface area contributed by atoms with Gasteiger partial charge in [0, 0.05) is 99.3 Å². The Balaban J connectivity index is 1.93. The summed E-state index contributed by atoms with van der Waals surface area (Å²) in [6.45, 7) is -2.57. The Morgan fingerprint density at radius 2 is 0.873 bits per heavy atom. The first-order chi connectivity index (χ1) is 51.8. The molecule has 0 aliphatic rings. The second-order valence-electron chi connectivity index (χ2n) is 25.9. The van der Waals surface area contributed by atoms with Gasteiger partial charge in [-0.3, -0.25) is 57.7 Å². The Hall–Kier alpha value is -8.97. The van der Waals surface area contributed by atoms with Gasteiger partial charge < -0.3 is 135 Å². The number of aliphatic hydroxyl groups is 15. The van der Waals surface area contributed by atoms with E-state index in [4.69, 9.17) is 15.9 Å². The number of H-pyrrole nitrogens is 1. The molecule has 616 valence electrons. The zero-order valence-electron chi connectivity index (χ0n) is 60.0. The number of aliphatic hydroxyl groups excluding tert-OH is 15. The van der Waals surface area contributed by atoms with Crippen LogP contribution in [0.4, 0.5) is 11.6 Å².